The van der Waals surface area contributed by atoms with Crippen molar-refractivity contribution in [2.24, 2.45) is 17.6 Å². The standard InChI is InChI=1S/C16H25N3O3/c1-10(2)14(19-15(20)13-7-4-8-22-13)16(21)18-12-6-3-5-11(12)9-17/h4,7-8,10-12,14H,3,5-6,9,17H2,1-2H3,(H,18,21)(H,19,20). The van der Waals surface area contributed by atoms with Crippen molar-refractivity contribution in [3.05, 3.63) is 24.2 Å². The van der Waals surface area contributed by atoms with Gasteiger partial charge in [-0.15, -0.1) is 0 Å². The van der Waals surface area contributed by atoms with Crippen LogP contribution in [-0.4, -0.2) is 30.4 Å². The van der Waals surface area contributed by atoms with Crippen LogP contribution in [-0.2, 0) is 4.79 Å². The lowest BCUT2D eigenvalue weighted by molar-refractivity contribution is -0.124. The minimum Gasteiger partial charge on any atom is -0.459 e. The molecule has 6 heteroatoms. The van der Waals surface area contributed by atoms with Crippen LogP contribution in [0.3, 0.4) is 0 Å². The average molecular weight is 307 g/mol. The summed E-state index contributed by atoms with van der Waals surface area (Å²) in [7, 11) is 0. The quantitative estimate of drug-likeness (QED) is 0.737. The molecule has 3 unspecified atom stereocenters. The van der Waals surface area contributed by atoms with Gasteiger partial charge in [-0.25, -0.2) is 0 Å². The van der Waals surface area contributed by atoms with Crippen LogP contribution in [0.25, 0.3) is 0 Å². The van der Waals surface area contributed by atoms with Gasteiger partial charge >= 0.3 is 0 Å². The number of carbonyl (C=O) groups excluding carboxylic acids is 2. The van der Waals surface area contributed by atoms with E-state index in [0.717, 1.165) is 19.3 Å². The Hall–Kier alpha value is -1.82. The van der Waals surface area contributed by atoms with E-state index in [4.69, 9.17) is 10.2 Å². The zero-order valence-electron chi connectivity index (χ0n) is 13.2. The number of hydrogen-bond donors (Lipinski definition) is 3. The maximum Gasteiger partial charge on any atom is 0.287 e. The lowest BCUT2D eigenvalue weighted by atomic mass is 10.00. The van der Waals surface area contributed by atoms with Crippen molar-refractivity contribution >= 4 is 11.8 Å². The largest absolute Gasteiger partial charge is 0.459 e. The average Bonchev–Trinajstić information content (AvgIpc) is 3.14. The van der Waals surface area contributed by atoms with E-state index in [-0.39, 0.29) is 29.5 Å². The number of hydrogen-bond acceptors (Lipinski definition) is 4. The van der Waals surface area contributed by atoms with Gasteiger partial charge in [-0.3, -0.25) is 9.59 Å². The molecule has 0 saturated heterocycles. The molecule has 1 saturated carbocycles. The fourth-order valence-electron chi connectivity index (χ4n) is 2.94. The highest BCUT2D eigenvalue weighted by Crippen LogP contribution is 2.24. The van der Waals surface area contributed by atoms with Gasteiger partial charge in [-0.2, -0.15) is 0 Å². The highest BCUT2D eigenvalue weighted by Gasteiger charge is 2.31. The van der Waals surface area contributed by atoms with Gasteiger partial charge < -0.3 is 20.8 Å². The van der Waals surface area contributed by atoms with Gasteiger partial charge in [0.1, 0.15) is 6.04 Å². The van der Waals surface area contributed by atoms with E-state index in [1.165, 1.54) is 6.26 Å². The summed E-state index contributed by atoms with van der Waals surface area (Å²) in [4.78, 5) is 24.6. The topological polar surface area (TPSA) is 97.4 Å². The van der Waals surface area contributed by atoms with Crippen molar-refractivity contribution in [2.75, 3.05) is 6.54 Å². The fraction of sp³-hybridized carbons (Fsp3) is 0.625. The van der Waals surface area contributed by atoms with Crippen LogP contribution in [0.15, 0.2) is 22.8 Å². The molecular weight excluding hydrogens is 282 g/mol. The SMILES string of the molecule is CC(C)C(NC(=O)c1ccco1)C(=O)NC1CCCC1CN. The number of nitrogens with two attached hydrogens (primary N) is 1. The van der Waals surface area contributed by atoms with E-state index < -0.39 is 6.04 Å². The molecule has 1 aromatic rings. The molecule has 0 aromatic carbocycles. The lowest BCUT2D eigenvalue weighted by Crippen LogP contribution is -2.53. The summed E-state index contributed by atoms with van der Waals surface area (Å²) in [5, 5.41) is 5.80. The molecule has 2 amide bonds. The highest BCUT2D eigenvalue weighted by molar-refractivity contribution is 5.95. The summed E-state index contributed by atoms with van der Waals surface area (Å²) < 4.78 is 5.06. The number of carbonyl (C=O) groups is 2. The summed E-state index contributed by atoms with van der Waals surface area (Å²) in [5.74, 6) is -0.00534. The minimum atomic E-state index is -0.586. The van der Waals surface area contributed by atoms with Gasteiger partial charge in [0.05, 0.1) is 6.26 Å². The van der Waals surface area contributed by atoms with Crippen molar-refractivity contribution in [3.63, 3.8) is 0 Å². The number of nitrogens with one attached hydrogen (secondary N) is 2. The molecule has 0 bridgehead atoms. The lowest BCUT2D eigenvalue weighted by Gasteiger charge is -2.26. The Morgan fingerprint density at radius 2 is 2.18 bits per heavy atom. The van der Waals surface area contributed by atoms with Crippen LogP contribution >= 0.6 is 0 Å². The number of amides is 2. The smallest absolute Gasteiger partial charge is 0.287 e. The fourth-order valence-corrected chi connectivity index (χ4v) is 2.94. The van der Waals surface area contributed by atoms with Gasteiger partial charge in [0, 0.05) is 6.04 Å². The minimum absolute atomic E-state index is 0.0170. The Bertz CT molecular complexity index is 499. The normalized spacial score (nSPS) is 22.5. The van der Waals surface area contributed by atoms with Gasteiger partial charge in [-0.1, -0.05) is 20.3 Å². The van der Waals surface area contributed by atoms with Crippen molar-refractivity contribution < 1.29 is 14.0 Å². The second-order valence-electron chi connectivity index (χ2n) is 6.21. The predicted octanol–water partition coefficient (Wildman–Crippen LogP) is 1.28. The van der Waals surface area contributed by atoms with E-state index >= 15 is 0 Å². The van der Waals surface area contributed by atoms with Crippen LogP contribution in [0, 0.1) is 11.8 Å². The molecule has 0 aliphatic heterocycles. The Balaban J connectivity index is 1.98. The maximum absolute atomic E-state index is 12.5. The first-order chi connectivity index (χ1) is 10.5. The summed E-state index contributed by atoms with van der Waals surface area (Å²) in [5.41, 5.74) is 5.75. The third-order valence-corrected chi connectivity index (χ3v) is 4.27. The first kappa shape index (κ1) is 16.5. The molecule has 1 aromatic heterocycles. The van der Waals surface area contributed by atoms with Crippen LogP contribution in [0.5, 0.6) is 0 Å². The molecule has 4 N–H and O–H groups in total. The Morgan fingerprint density at radius 1 is 1.41 bits per heavy atom. The van der Waals surface area contributed by atoms with Crippen molar-refractivity contribution in [3.8, 4) is 0 Å². The van der Waals surface area contributed by atoms with Crippen LogP contribution in [0.1, 0.15) is 43.7 Å². The molecule has 3 atom stereocenters. The number of furan rings is 1. The first-order valence-corrected chi connectivity index (χ1v) is 7.87. The molecule has 2 rings (SSSR count). The van der Waals surface area contributed by atoms with E-state index in [2.05, 4.69) is 10.6 Å². The Morgan fingerprint density at radius 3 is 2.77 bits per heavy atom. The monoisotopic (exact) mass is 307 g/mol. The molecule has 1 fully saturated rings. The summed E-state index contributed by atoms with van der Waals surface area (Å²) in [6, 6.07) is 2.74. The number of rotatable bonds is 6. The highest BCUT2D eigenvalue weighted by atomic mass is 16.3. The van der Waals surface area contributed by atoms with Gasteiger partial charge in [0.15, 0.2) is 5.76 Å². The van der Waals surface area contributed by atoms with E-state index in [0.29, 0.717) is 12.5 Å². The second kappa shape index (κ2) is 7.45. The summed E-state index contributed by atoms with van der Waals surface area (Å²) >= 11 is 0. The van der Waals surface area contributed by atoms with E-state index in [9.17, 15) is 9.59 Å². The third-order valence-electron chi connectivity index (χ3n) is 4.27. The zero-order chi connectivity index (χ0) is 16.1. The first-order valence-electron chi connectivity index (χ1n) is 7.87. The maximum atomic E-state index is 12.5. The van der Waals surface area contributed by atoms with Crippen LogP contribution in [0.4, 0.5) is 0 Å². The summed E-state index contributed by atoms with van der Waals surface area (Å²) in [6.45, 7) is 4.39. The second-order valence-corrected chi connectivity index (χ2v) is 6.21. The molecule has 6 nitrogen and oxygen atoms in total. The molecule has 122 valence electrons. The molecular formula is C16H25N3O3. The van der Waals surface area contributed by atoms with Gasteiger partial charge in [0.25, 0.3) is 5.91 Å². The molecule has 1 aliphatic carbocycles. The Kier molecular flexibility index (Phi) is 5.60. The molecule has 0 radical (unpaired) electrons. The van der Waals surface area contributed by atoms with Gasteiger partial charge in [0.2, 0.25) is 5.91 Å². The Labute approximate surface area is 130 Å². The third kappa shape index (κ3) is 3.88. The van der Waals surface area contributed by atoms with Gasteiger partial charge in [-0.05, 0) is 43.4 Å². The zero-order valence-corrected chi connectivity index (χ0v) is 13.2. The predicted molar refractivity (Wildman–Crippen MR) is 83.1 cm³/mol. The van der Waals surface area contributed by atoms with Crippen molar-refractivity contribution in [1.29, 1.82) is 0 Å². The molecule has 1 heterocycles. The van der Waals surface area contributed by atoms with Crippen molar-refractivity contribution in [2.45, 2.75) is 45.2 Å². The van der Waals surface area contributed by atoms with Crippen molar-refractivity contribution in [1.82, 2.24) is 10.6 Å². The van der Waals surface area contributed by atoms with Crippen LogP contribution in [0.2, 0.25) is 0 Å². The van der Waals surface area contributed by atoms with Crippen LogP contribution < -0.4 is 16.4 Å². The molecule has 22 heavy (non-hydrogen) atoms. The summed E-state index contributed by atoms with van der Waals surface area (Å²) in [6.07, 6.45) is 4.51. The van der Waals surface area contributed by atoms with E-state index in [1.54, 1.807) is 12.1 Å². The molecule has 1 aliphatic rings. The molecule has 0 spiro atoms. The van der Waals surface area contributed by atoms with E-state index in [1.807, 2.05) is 13.8 Å².